The van der Waals surface area contributed by atoms with Crippen LogP contribution < -0.4 is 14.8 Å². The molecule has 0 saturated carbocycles. The van der Waals surface area contributed by atoms with Crippen molar-refractivity contribution in [3.05, 3.63) is 96.1 Å². The summed E-state index contributed by atoms with van der Waals surface area (Å²) in [6.45, 7) is 0.258. The number of ether oxygens (including phenoxy) is 2. The van der Waals surface area contributed by atoms with Gasteiger partial charge in [-0.15, -0.1) is 0 Å². The van der Waals surface area contributed by atoms with Crippen LogP contribution in [0, 0.1) is 11.7 Å². The molecule has 0 unspecified atom stereocenters. The monoisotopic (exact) mass is 625 g/mol. The van der Waals surface area contributed by atoms with E-state index >= 15 is 0 Å². The van der Waals surface area contributed by atoms with Crippen LogP contribution in [0.25, 0.3) is 0 Å². The maximum Gasteiger partial charge on any atom is 0.175 e. The van der Waals surface area contributed by atoms with E-state index in [0.717, 1.165) is 32.1 Å². The summed E-state index contributed by atoms with van der Waals surface area (Å²) in [7, 11) is 1.61. The highest BCUT2D eigenvalue weighted by Crippen LogP contribution is 2.52. The molecule has 34 heavy (non-hydrogen) atoms. The fourth-order valence-electron chi connectivity index (χ4n) is 4.80. The van der Waals surface area contributed by atoms with Gasteiger partial charge < -0.3 is 14.8 Å². The molecule has 5 rings (SSSR count). The van der Waals surface area contributed by atoms with Crippen molar-refractivity contribution in [3.8, 4) is 11.5 Å². The third kappa shape index (κ3) is 4.46. The first-order valence-electron chi connectivity index (χ1n) is 10.7. The van der Waals surface area contributed by atoms with Crippen LogP contribution in [0.15, 0.2) is 63.6 Å². The molecule has 0 saturated heterocycles. The van der Waals surface area contributed by atoms with Crippen LogP contribution in [-0.2, 0) is 6.61 Å². The number of nitrogens with one attached hydrogen (secondary N) is 1. The van der Waals surface area contributed by atoms with E-state index in [2.05, 4.69) is 49.3 Å². The van der Waals surface area contributed by atoms with Gasteiger partial charge in [0.05, 0.1) is 23.3 Å². The van der Waals surface area contributed by atoms with Crippen molar-refractivity contribution in [2.75, 3.05) is 12.4 Å². The fraction of sp³-hybridized carbons (Fsp3) is 0.231. The minimum Gasteiger partial charge on any atom is -0.493 e. The second-order valence-electron chi connectivity index (χ2n) is 8.39. The van der Waals surface area contributed by atoms with Crippen LogP contribution in [0.4, 0.5) is 10.1 Å². The van der Waals surface area contributed by atoms with Crippen molar-refractivity contribution in [2.45, 2.75) is 25.0 Å². The molecule has 176 valence electrons. The zero-order chi connectivity index (χ0) is 24.0. The number of hydrogen-bond acceptors (Lipinski definition) is 3. The third-order valence-electron chi connectivity index (χ3n) is 6.38. The Morgan fingerprint density at radius 3 is 2.71 bits per heavy atom. The molecule has 1 aliphatic heterocycles. The van der Waals surface area contributed by atoms with E-state index in [1.165, 1.54) is 6.07 Å². The minimum atomic E-state index is -0.265. The zero-order valence-corrected chi connectivity index (χ0v) is 22.7. The molecule has 8 heteroatoms. The molecule has 3 atom stereocenters. The van der Waals surface area contributed by atoms with Gasteiger partial charge in [0.2, 0.25) is 0 Å². The average molecular weight is 628 g/mol. The lowest BCUT2D eigenvalue weighted by Gasteiger charge is -2.38. The SMILES string of the molecule is COc1cc([C@@H]2Nc3c(F)cc(Br)cc3[C@H]3C=CC[C@@H]32)cc(Br)c1OCc1ccc(Cl)cc1Cl. The van der Waals surface area contributed by atoms with Crippen molar-refractivity contribution in [3.63, 3.8) is 0 Å². The van der Waals surface area contributed by atoms with Crippen molar-refractivity contribution in [2.24, 2.45) is 5.92 Å². The van der Waals surface area contributed by atoms with Crippen LogP contribution in [0.1, 0.15) is 35.1 Å². The second-order valence-corrected chi connectivity index (χ2v) is 11.0. The normalized spacial score (nSPS) is 20.5. The van der Waals surface area contributed by atoms with Crippen molar-refractivity contribution in [1.29, 1.82) is 0 Å². The Morgan fingerprint density at radius 1 is 1.12 bits per heavy atom. The Morgan fingerprint density at radius 2 is 1.94 bits per heavy atom. The molecule has 3 aromatic rings. The number of anilines is 1. The molecule has 0 fully saturated rings. The molecule has 3 aromatic carbocycles. The molecule has 3 nitrogen and oxygen atoms in total. The first-order valence-corrected chi connectivity index (χ1v) is 13.1. The maximum absolute atomic E-state index is 14.9. The molecular weight excluding hydrogens is 608 g/mol. The van der Waals surface area contributed by atoms with Crippen molar-refractivity contribution >= 4 is 60.7 Å². The standard InChI is InChI=1S/C26H20Br2Cl2FNO2/c1-33-23-8-14(7-20(28)26(23)34-12-13-5-6-16(29)11-21(13)30)24-18-4-2-3-17(18)19-9-15(27)10-22(31)25(19)32-24/h2-3,5-11,17-18,24,32H,4,12H2,1H3/t17-,18-,24-/m0/s1. The molecule has 1 aliphatic carbocycles. The highest BCUT2D eigenvalue weighted by Gasteiger charge is 2.39. The predicted octanol–water partition coefficient (Wildman–Crippen LogP) is 9.07. The van der Waals surface area contributed by atoms with Gasteiger partial charge in [-0.05, 0) is 75.8 Å². The number of allylic oxidation sites excluding steroid dienone is 2. The van der Waals surface area contributed by atoms with Crippen LogP contribution in [0.5, 0.6) is 11.5 Å². The zero-order valence-electron chi connectivity index (χ0n) is 18.0. The van der Waals surface area contributed by atoms with E-state index in [1.807, 2.05) is 24.3 Å². The van der Waals surface area contributed by atoms with E-state index in [0.29, 0.717) is 27.2 Å². The largest absolute Gasteiger partial charge is 0.493 e. The summed E-state index contributed by atoms with van der Waals surface area (Å²) in [5.41, 5.74) is 3.34. The van der Waals surface area contributed by atoms with Gasteiger partial charge in [0.15, 0.2) is 11.5 Å². The summed E-state index contributed by atoms with van der Waals surface area (Å²) in [6.07, 6.45) is 5.27. The molecule has 0 spiro atoms. The predicted molar refractivity (Wildman–Crippen MR) is 142 cm³/mol. The highest BCUT2D eigenvalue weighted by molar-refractivity contribution is 9.10. The second kappa shape index (κ2) is 9.73. The number of hydrogen-bond donors (Lipinski definition) is 1. The maximum atomic E-state index is 14.9. The van der Waals surface area contributed by atoms with Gasteiger partial charge in [-0.1, -0.05) is 57.4 Å². The van der Waals surface area contributed by atoms with Gasteiger partial charge in [-0.2, -0.15) is 0 Å². The Kier molecular flexibility index (Phi) is 6.86. The van der Waals surface area contributed by atoms with Crippen LogP contribution in [0.2, 0.25) is 10.0 Å². The van der Waals surface area contributed by atoms with Crippen molar-refractivity contribution in [1.82, 2.24) is 0 Å². The lowest BCUT2D eigenvalue weighted by atomic mass is 9.77. The highest BCUT2D eigenvalue weighted by atomic mass is 79.9. The van der Waals surface area contributed by atoms with Crippen LogP contribution in [0.3, 0.4) is 0 Å². The molecule has 2 aliphatic rings. The van der Waals surface area contributed by atoms with Gasteiger partial charge >= 0.3 is 0 Å². The fourth-order valence-corrected chi connectivity index (χ4v) is 6.28. The Bertz CT molecular complexity index is 1300. The van der Waals surface area contributed by atoms with E-state index in [1.54, 1.807) is 19.2 Å². The Balaban J connectivity index is 1.47. The summed E-state index contributed by atoms with van der Waals surface area (Å²) in [5.74, 6) is 1.29. The number of benzene rings is 3. The summed E-state index contributed by atoms with van der Waals surface area (Å²) in [4.78, 5) is 0. The van der Waals surface area contributed by atoms with E-state index in [-0.39, 0.29) is 30.3 Å². The van der Waals surface area contributed by atoms with Crippen LogP contribution >= 0.6 is 55.1 Å². The summed E-state index contributed by atoms with van der Waals surface area (Å²) in [6, 6.07) is 12.7. The quantitative estimate of drug-likeness (QED) is 0.286. The van der Waals surface area contributed by atoms with Gasteiger partial charge in [-0.25, -0.2) is 4.39 Å². The molecule has 1 N–H and O–H groups in total. The first kappa shape index (κ1) is 24.0. The average Bonchev–Trinajstić information content (AvgIpc) is 3.29. The van der Waals surface area contributed by atoms with Gasteiger partial charge in [0.1, 0.15) is 12.4 Å². The summed E-state index contributed by atoms with van der Waals surface area (Å²) < 4.78 is 28.2. The van der Waals surface area contributed by atoms with Gasteiger partial charge in [0.25, 0.3) is 0 Å². The number of fused-ring (bicyclic) bond motifs is 3. The third-order valence-corrected chi connectivity index (χ3v) is 8.02. The lowest BCUT2D eigenvalue weighted by Crippen LogP contribution is -2.29. The minimum absolute atomic E-state index is 0.0897. The van der Waals surface area contributed by atoms with Crippen LogP contribution in [-0.4, -0.2) is 7.11 Å². The molecule has 0 amide bonds. The van der Waals surface area contributed by atoms with E-state index < -0.39 is 0 Å². The molecule has 1 heterocycles. The Labute approximate surface area is 224 Å². The topological polar surface area (TPSA) is 30.5 Å². The summed E-state index contributed by atoms with van der Waals surface area (Å²) in [5, 5.41) is 4.58. The lowest BCUT2D eigenvalue weighted by molar-refractivity contribution is 0.282. The number of methoxy groups -OCH3 is 1. The van der Waals surface area contributed by atoms with E-state index in [9.17, 15) is 4.39 Å². The van der Waals surface area contributed by atoms with Gasteiger partial charge in [-0.3, -0.25) is 0 Å². The van der Waals surface area contributed by atoms with Crippen molar-refractivity contribution < 1.29 is 13.9 Å². The molecular formula is C26H20Br2Cl2FNO2. The molecule has 0 bridgehead atoms. The van der Waals surface area contributed by atoms with Gasteiger partial charge in [0, 0.05) is 26.0 Å². The first-order chi connectivity index (χ1) is 16.4. The molecule has 0 radical (unpaired) electrons. The summed E-state index contributed by atoms with van der Waals surface area (Å²) >= 11 is 19.4. The number of halogens is 5. The smallest absolute Gasteiger partial charge is 0.175 e. The Hall–Kier alpha value is -1.73. The number of rotatable bonds is 5. The molecule has 0 aromatic heterocycles. The van der Waals surface area contributed by atoms with E-state index in [4.69, 9.17) is 32.7 Å².